The second-order valence-electron chi connectivity index (χ2n) is 4.62. The quantitative estimate of drug-likeness (QED) is 0.817. The highest BCUT2D eigenvalue weighted by Crippen LogP contribution is 2.26. The fraction of sp³-hybridized carbons (Fsp3) is 0.500. The molecule has 0 aromatic heterocycles. The summed E-state index contributed by atoms with van der Waals surface area (Å²) >= 11 is 0. The SMILES string of the molecule is NC(=O)CCOc1ccccc1NC1CCCOC1. The Balaban J connectivity index is 1.93. The summed E-state index contributed by atoms with van der Waals surface area (Å²) in [6.07, 6.45) is 2.39. The van der Waals surface area contributed by atoms with Crippen LogP contribution in [-0.2, 0) is 9.53 Å². The summed E-state index contributed by atoms with van der Waals surface area (Å²) in [5.74, 6) is 0.389. The third-order valence-electron chi connectivity index (χ3n) is 3.01. The van der Waals surface area contributed by atoms with E-state index in [0.717, 1.165) is 37.5 Å². The van der Waals surface area contributed by atoms with Crippen molar-refractivity contribution in [2.24, 2.45) is 5.73 Å². The molecule has 1 aliphatic rings. The Bertz CT molecular complexity index is 417. The largest absolute Gasteiger partial charge is 0.491 e. The molecule has 3 N–H and O–H groups in total. The van der Waals surface area contributed by atoms with Crippen LogP contribution in [0.4, 0.5) is 5.69 Å². The van der Waals surface area contributed by atoms with Crippen molar-refractivity contribution in [3.8, 4) is 5.75 Å². The molecule has 1 aromatic rings. The minimum atomic E-state index is -0.355. The smallest absolute Gasteiger partial charge is 0.220 e. The summed E-state index contributed by atoms with van der Waals surface area (Å²) < 4.78 is 11.0. The minimum Gasteiger partial charge on any atom is -0.491 e. The maximum absolute atomic E-state index is 10.7. The molecule has 104 valence electrons. The van der Waals surface area contributed by atoms with Gasteiger partial charge in [0, 0.05) is 12.6 Å². The third kappa shape index (κ3) is 4.44. The van der Waals surface area contributed by atoms with E-state index in [1.54, 1.807) is 0 Å². The highest BCUT2D eigenvalue weighted by Gasteiger charge is 2.15. The van der Waals surface area contributed by atoms with Gasteiger partial charge in [0.1, 0.15) is 5.75 Å². The lowest BCUT2D eigenvalue weighted by molar-refractivity contribution is -0.118. The number of primary amides is 1. The first-order valence-electron chi connectivity index (χ1n) is 6.60. The monoisotopic (exact) mass is 264 g/mol. The van der Waals surface area contributed by atoms with Crippen LogP contribution in [0.2, 0.25) is 0 Å². The van der Waals surface area contributed by atoms with Crippen LogP contribution in [0, 0.1) is 0 Å². The van der Waals surface area contributed by atoms with Gasteiger partial charge in [0.25, 0.3) is 0 Å². The molecule has 0 saturated carbocycles. The Morgan fingerprint density at radius 3 is 3.05 bits per heavy atom. The standard InChI is InChI=1S/C14H20N2O3/c15-14(17)7-9-19-13-6-2-1-5-12(13)16-11-4-3-8-18-10-11/h1-2,5-6,11,16H,3-4,7-10H2,(H2,15,17). The molecule has 2 rings (SSSR count). The fourth-order valence-corrected chi connectivity index (χ4v) is 2.05. The second-order valence-corrected chi connectivity index (χ2v) is 4.62. The zero-order valence-electron chi connectivity index (χ0n) is 10.9. The molecule has 1 aromatic carbocycles. The number of para-hydroxylation sites is 2. The molecule has 1 saturated heterocycles. The van der Waals surface area contributed by atoms with Crippen molar-refractivity contribution < 1.29 is 14.3 Å². The van der Waals surface area contributed by atoms with Crippen molar-refractivity contribution in [1.29, 1.82) is 0 Å². The van der Waals surface area contributed by atoms with Crippen LogP contribution in [0.25, 0.3) is 0 Å². The van der Waals surface area contributed by atoms with Crippen LogP contribution in [-0.4, -0.2) is 31.8 Å². The lowest BCUT2D eigenvalue weighted by Gasteiger charge is -2.25. The molecular formula is C14H20N2O3. The summed E-state index contributed by atoms with van der Waals surface area (Å²) in [6.45, 7) is 1.86. The molecule has 1 heterocycles. The van der Waals surface area contributed by atoms with Gasteiger partial charge in [-0.05, 0) is 25.0 Å². The lowest BCUT2D eigenvalue weighted by Crippen LogP contribution is -2.30. The third-order valence-corrected chi connectivity index (χ3v) is 3.01. The maximum Gasteiger partial charge on any atom is 0.220 e. The number of amides is 1. The molecule has 1 unspecified atom stereocenters. The van der Waals surface area contributed by atoms with E-state index in [1.165, 1.54) is 0 Å². The van der Waals surface area contributed by atoms with Gasteiger partial charge in [0.2, 0.25) is 5.91 Å². The van der Waals surface area contributed by atoms with Gasteiger partial charge in [-0.2, -0.15) is 0 Å². The van der Waals surface area contributed by atoms with Crippen LogP contribution in [0.15, 0.2) is 24.3 Å². The Morgan fingerprint density at radius 2 is 2.32 bits per heavy atom. The average molecular weight is 264 g/mol. The van der Waals surface area contributed by atoms with Gasteiger partial charge in [0.05, 0.1) is 25.3 Å². The number of nitrogens with two attached hydrogens (primary N) is 1. The molecule has 1 atom stereocenters. The number of rotatable bonds is 6. The molecule has 1 amide bonds. The van der Waals surface area contributed by atoms with Crippen molar-refractivity contribution in [3.05, 3.63) is 24.3 Å². The average Bonchev–Trinajstić information content (AvgIpc) is 2.41. The van der Waals surface area contributed by atoms with Gasteiger partial charge in [-0.15, -0.1) is 0 Å². The molecule has 5 nitrogen and oxygen atoms in total. The number of carbonyl (C=O) groups excluding carboxylic acids is 1. The van der Waals surface area contributed by atoms with Crippen molar-refractivity contribution in [2.75, 3.05) is 25.1 Å². The molecular weight excluding hydrogens is 244 g/mol. The molecule has 0 aliphatic carbocycles. The Labute approximate surface area is 113 Å². The zero-order chi connectivity index (χ0) is 13.5. The van der Waals surface area contributed by atoms with E-state index in [0.29, 0.717) is 12.6 Å². The summed E-state index contributed by atoms with van der Waals surface area (Å²) in [7, 11) is 0. The first-order valence-corrected chi connectivity index (χ1v) is 6.60. The number of nitrogens with one attached hydrogen (secondary N) is 1. The number of hydrogen-bond acceptors (Lipinski definition) is 4. The first kappa shape index (κ1) is 13.7. The fourth-order valence-electron chi connectivity index (χ4n) is 2.05. The highest BCUT2D eigenvalue weighted by molar-refractivity contribution is 5.73. The van der Waals surface area contributed by atoms with E-state index < -0.39 is 0 Å². The summed E-state index contributed by atoms with van der Waals surface area (Å²) in [6, 6.07) is 8.02. The molecule has 0 bridgehead atoms. The van der Waals surface area contributed by atoms with Gasteiger partial charge in [0.15, 0.2) is 0 Å². The van der Waals surface area contributed by atoms with Crippen molar-refractivity contribution in [1.82, 2.24) is 0 Å². The highest BCUT2D eigenvalue weighted by atomic mass is 16.5. The van der Waals surface area contributed by atoms with E-state index >= 15 is 0 Å². The Kier molecular flexibility index (Phi) is 5.03. The van der Waals surface area contributed by atoms with Gasteiger partial charge in [-0.3, -0.25) is 4.79 Å². The lowest BCUT2D eigenvalue weighted by atomic mass is 10.1. The predicted molar refractivity (Wildman–Crippen MR) is 73.2 cm³/mol. The van der Waals surface area contributed by atoms with Crippen molar-refractivity contribution in [3.63, 3.8) is 0 Å². The number of benzene rings is 1. The van der Waals surface area contributed by atoms with Gasteiger partial charge in [-0.1, -0.05) is 12.1 Å². The van der Waals surface area contributed by atoms with Crippen LogP contribution >= 0.6 is 0 Å². The maximum atomic E-state index is 10.7. The molecule has 1 fully saturated rings. The summed E-state index contributed by atoms with van der Waals surface area (Å²) in [4.78, 5) is 10.7. The van der Waals surface area contributed by atoms with Crippen LogP contribution in [0.5, 0.6) is 5.75 Å². The Morgan fingerprint density at radius 1 is 1.47 bits per heavy atom. The normalized spacial score (nSPS) is 18.8. The van der Waals surface area contributed by atoms with E-state index in [1.807, 2.05) is 24.3 Å². The van der Waals surface area contributed by atoms with Gasteiger partial charge in [-0.25, -0.2) is 0 Å². The molecule has 19 heavy (non-hydrogen) atoms. The van der Waals surface area contributed by atoms with Crippen LogP contribution in [0.1, 0.15) is 19.3 Å². The summed E-state index contributed by atoms with van der Waals surface area (Å²) in [5.41, 5.74) is 6.03. The van der Waals surface area contributed by atoms with E-state index in [4.69, 9.17) is 15.2 Å². The van der Waals surface area contributed by atoms with Crippen LogP contribution < -0.4 is 15.8 Å². The molecule has 1 aliphatic heterocycles. The van der Waals surface area contributed by atoms with Crippen molar-refractivity contribution >= 4 is 11.6 Å². The topological polar surface area (TPSA) is 73.6 Å². The number of hydrogen-bond donors (Lipinski definition) is 2. The van der Waals surface area contributed by atoms with E-state index in [2.05, 4.69) is 5.32 Å². The van der Waals surface area contributed by atoms with Crippen molar-refractivity contribution in [2.45, 2.75) is 25.3 Å². The Hall–Kier alpha value is -1.75. The second kappa shape index (κ2) is 6.99. The number of carbonyl (C=O) groups is 1. The summed E-state index contributed by atoms with van der Waals surface area (Å²) in [5, 5.41) is 3.42. The van der Waals surface area contributed by atoms with Gasteiger partial charge < -0.3 is 20.5 Å². The minimum absolute atomic E-state index is 0.223. The van der Waals surface area contributed by atoms with Crippen LogP contribution in [0.3, 0.4) is 0 Å². The molecule has 0 radical (unpaired) electrons. The number of anilines is 1. The number of ether oxygens (including phenoxy) is 2. The van der Waals surface area contributed by atoms with E-state index in [-0.39, 0.29) is 12.3 Å². The van der Waals surface area contributed by atoms with Gasteiger partial charge >= 0.3 is 0 Å². The molecule has 0 spiro atoms. The predicted octanol–water partition coefficient (Wildman–Crippen LogP) is 1.53. The molecule has 5 heteroatoms. The van der Waals surface area contributed by atoms with E-state index in [9.17, 15) is 4.79 Å². The zero-order valence-corrected chi connectivity index (χ0v) is 10.9. The first-order chi connectivity index (χ1) is 9.25.